The predicted molar refractivity (Wildman–Crippen MR) is 140 cm³/mol. The fraction of sp³-hybridized carbons (Fsp3) is 0.556. The molecule has 0 unspecified atom stereocenters. The molecule has 3 heterocycles. The van der Waals surface area contributed by atoms with Crippen molar-refractivity contribution >= 4 is 23.4 Å². The van der Waals surface area contributed by atoms with Crippen LogP contribution >= 0.6 is 11.8 Å². The van der Waals surface area contributed by atoms with E-state index in [1.54, 1.807) is 12.1 Å². The molecule has 0 spiro atoms. The van der Waals surface area contributed by atoms with E-state index in [-0.39, 0.29) is 30.0 Å². The Kier molecular flexibility index (Phi) is 10.1. The second kappa shape index (κ2) is 12.8. The Bertz CT molecular complexity index is 960. The molecule has 1 atom stereocenters. The summed E-state index contributed by atoms with van der Waals surface area (Å²) in [5.41, 5.74) is -1.07. The van der Waals surface area contributed by atoms with Gasteiger partial charge in [0.05, 0.1) is 11.9 Å². The average Bonchev–Trinajstić information content (AvgIpc) is 2.84. The van der Waals surface area contributed by atoms with E-state index < -0.39 is 5.51 Å². The number of halogens is 3. The van der Waals surface area contributed by atoms with E-state index in [1.807, 2.05) is 24.1 Å². The number of benzene rings is 1. The molecule has 2 aliphatic heterocycles. The summed E-state index contributed by atoms with van der Waals surface area (Å²) >= 11 is -0.0860. The van der Waals surface area contributed by atoms with Gasteiger partial charge >= 0.3 is 5.51 Å². The number of aromatic nitrogens is 1. The van der Waals surface area contributed by atoms with Crippen LogP contribution in [-0.2, 0) is 11.2 Å². The number of alkyl halides is 3. The molecule has 36 heavy (non-hydrogen) atoms. The van der Waals surface area contributed by atoms with E-state index in [2.05, 4.69) is 20.9 Å². The van der Waals surface area contributed by atoms with Crippen molar-refractivity contribution in [2.75, 3.05) is 50.7 Å². The lowest BCUT2D eigenvalue weighted by atomic mass is 9.91. The number of likely N-dealkylation sites (tertiary alicyclic amines) is 1. The van der Waals surface area contributed by atoms with Crippen LogP contribution in [-0.4, -0.2) is 72.0 Å². The number of hydrogen-bond donors (Lipinski definition) is 0. The first-order valence-electron chi connectivity index (χ1n) is 12.3. The molecular weight excluding hydrogens is 485 g/mol. The zero-order valence-corrected chi connectivity index (χ0v) is 21.0. The minimum atomic E-state index is -4.27. The van der Waals surface area contributed by atoms with Gasteiger partial charge < -0.3 is 9.80 Å². The van der Waals surface area contributed by atoms with Gasteiger partial charge in [0.1, 0.15) is 0 Å². The standard InChI is InChI=1S/C26H33F3N4OS.CH4/c1-20-4-7-23(18-30-20)32-15-13-31(14-16-32)12-10-25(34)33-11-2-3-22(19-33)17-21-5-8-24(9-6-21)35-26(27,28)29;/h4-9,18,22H,2-3,10-17,19H2,1H3;1H4/t22-;/m1./s1. The van der Waals surface area contributed by atoms with Crippen LogP contribution in [0.1, 0.15) is 37.9 Å². The van der Waals surface area contributed by atoms with E-state index in [4.69, 9.17) is 0 Å². The molecule has 5 nitrogen and oxygen atoms in total. The number of piperidine rings is 1. The smallest absolute Gasteiger partial charge is 0.368 e. The van der Waals surface area contributed by atoms with Crippen molar-refractivity contribution in [2.24, 2.45) is 5.92 Å². The third kappa shape index (κ3) is 8.40. The minimum absolute atomic E-state index is 0. The van der Waals surface area contributed by atoms with Gasteiger partial charge in [-0.2, -0.15) is 13.2 Å². The van der Waals surface area contributed by atoms with Crippen molar-refractivity contribution in [1.82, 2.24) is 14.8 Å². The van der Waals surface area contributed by atoms with Crippen molar-refractivity contribution in [1.29, 1.82) is 0 Å². The van der Waals surface area contributed by atoms with Crippen LogP contribution in [0.25, 0.3) is 0 Å². The number of amides is 1. The van der Waals surface area contributed by atoms with Crippen molar-refractivity contribution < 1.29 is 18.0 Å². The van der Waals surface area contributed by atoms with Gasteiger partial charge in [-0.15, -0.1) is 0 Å². The molecule has 2 saturated heterocycles. The Morgan fingerprint density at radius 3 is 2.42 bits per heavy atom. The number of nitrogens with zero attached hydrogens (tertiary/aromatic N) is 4. The number of carbonyl (C=O) groups is 1. The molecule has 0 bridgehead atoms. The van der Waals surface area contributed by atoms with Gasteiger partial charge in [0.25, 0.3) is 0 Å². The fourth-order valence-electron chi connectivity index (χ4n) is 4.91. The molecule has 1 aromatic carbocycles. The summed E-state index contributed by atoms with van der Waals surface area (Å²) in [6.45, 7) is 8.03. The highest BCUT2D eigenvalue weighted by Crippen LogP contribution is 2.37. The van der Waals surface area contributed by atoms with Crippen molar-refractivity contribution in [3.05, 3.63) is 53.9 Å². The number of thioether (sulfide) groups is 1. The summed E-state index contributed by atoms with van der Waals surface area (Å²) in [4.78, 5) is 24.2. The first-order chi connectivity index (χ1) is 16.7. The first kappa shape index (κ1) is 28.3. The lowest BCUT2D eigenvalue weighted by Gasteiger charge is -2.37. The van der Waals surface area contributed by atoms with Crippen LogP contribution in [0, 0.1) is 12.8 Å². The summed E-state index contributed by atoms with van der Waals surface area (Å²) < 4.78 is 37.6. The number of carbonyl (C=O) groups excluding carboxylic acids is 1. The summed E-state index contributed by atoms with van der Waals surface area (Å²) in [5, 5.41) is 0. The summed E-state index contributed by atoms with van der Waals surface area (Å²) in [6, 6.07) is 10.8. The quantitative estimate of drug-likeness (QED) is 0.441. The first-order valence-corrected chi connectivity index (χ1v) is 13.1. The van der Waals surface area contributed by atoms with Crippen LogP contribution in [0.4, 0.5) is 18.9 Å². The molecule has 2 aliphatic rings. The van der Waals surface area contributed by atoms with Gasteiger partial charge in [0, 0.05) is 62.8 Å². The number of hydrogen-bond acceptors (Lipinski definition) is 5. The monoisotopic (exact) mass is 522 g/mol. The highest BCUT2D eigenvalue weighted by molar-refractivity contribution is 8.00. The number of pyridine rings is 1. The van der Waals surface area contributed by atoms with Crippen molar-refractivity contribution in [3.8, 4) is 0 Å². The normalized spacial score (nSPS) is 19.2. The second-order valence-electron chi connectivity index (χ2n) is 9.48. The van der Waals surface area contributed by atoms with Gasteiger partial charge in [-0.05, 0) is 73.7 Å². The maximum absolute atomic E-state index is 12.9. The fourth-order valence-corrected chi connectivity index (χ4v) is 5.45. The summed E-state index contributed by atoms with van der Waals surface area (Å²) in [6.07, 6.45) is 5.26. The van der Waals surface area contributed by atoms with Crippen LogP contribution in [0.15, 0.2) is 47.5 Å². The molecular formula is C27H37F3N4OS. The molecule has 0 N–H and O–H groups in total. The predicted octanol–water partition coefficient (Wildman–Crippen LogP) is 5.63. The molecule has 0 aliphatic carbocycles. The minimum Gasteiger partial charge on any atom is -0.368 e. The molecule has 1 aromatic heterocycles. The lowest BCUT2D eigenvalue weighted by molar-refractivity contribution is -0.133. The van der Waals surface area contributed by atoms with E-state index in [1.165, 1.54) is 12.1 Å². The van der Waals surface area contributed by atoms with E-state index in [9.17, 15) is 18.0 Å². The number of anilines is 1. The van der Waals surface area contributed by atoms with E-state index in [0.29, 0.717) is 12.3 Å². The third-order valence-corrected chi connectivity index (χ3v) is 7.57. The molecule has 1 amide bonds. The van der Waals surface area contributed by atoms with Crippen LogP contribution in [0.3, 0.4) is 0 Å². The SMILES string of the molecule is C.Cc1ccc(N2CCN(CCC(=O)N3CCC[C@H](Cc4ccc(SC(F)(F)F)cc4)C3)CC2)cn1. The lowest BCUT2D eigenvalue weighted by Crippen LogP contribution is -2.48. The molecule has 0 saturated carbocycles. The molecule has 4 rings (SSSR count). The van der Waals surface area contributed by atoms with Gasteiger partial charge in [0.15, 0.2) is 0 Å². The zero-order valence-electron chi connectivity index (χ0n) is 20.1. The van der Waals surface area contributed by atoms with Gasteiger partial charge in [0.2, 0.25) is 5.91 Å². The van der Waals surface area contributed by atoms with Crippen LogP contribution in [0.2, 0.25) is 0 Å². The van der Waals surface area contributed by atoms with Gasteiger partial charge in [-0.1, -0.05) is 19.6 Å². The molecule has 2 fully saturated rings. The Balaban J connectivity index is 0.00000361. The molecule has 2 aromatic rings. The Morgan fingerprint density at radius 1 is 1.06 bits per heavy atom. The molecule has 9 heteroatoms. The second-order valence-corrected chi connectivity index (χ2v) is 10.6. The Labute approximate surface area is 217 Å². The Hall–Kier alpha value is -2.26. The maximum atomic E-state index is 12.9. The van der Waals surface area contributed by atoms with Crippen molar-refractivity contribution in [2.45, 2.75) is 50.4 Å². The van der Waals surface area contributed by atoms with Gasteiger partial charge in [-0.25, -0.2) is 0 Å². The zero-order chi connectivity index (χ0) is 24.8. The van der Waals surface area contributed by atoms with E-state index >= 15 is 0 Å². The summed E-state index contributed by atoms with van der Waals surface area (Å²) in [7, 11) is 0. The topological polar surface area (TPSA) is 39.7 Å². The third-order valence-electron chi connectivity index (χ3n) is 6.83. The van der Waals surface area contributed by atoms with Gasteiger partial charge in [-0.3, -0.25) is 14.7 Å². The summed E-state index contributed by atoms with van der Waals surface area (Å²) in [5.74, 6) is 0.553. The average molecular weight is 523 g/mol. The maximum Gasteiger partial charge on any atom is 0.446 e. The van der Waals surface area contributed by atoms with Crippen molar-refractivity contribution in [3.63, 3.8) is 0 Å². The molecule has 0 radical (unpaired) electrons. The Morgan fingerprint density at radius 2 is 1.78 bits per heavy atom. The van der Waals surface area contributed by atoms with E-state index in [0.717, 1.165) is 82.0 Å². The highest BCUT2D eigenvalue weighted by atomic mass is 32.2. The van der Waals surface area contributed by atoms with Crippen LogP contribution in [0.5, 0.6) is 0 Å². The highest BCUT2D eigenvalue weighted by Gasteiger charge is 2.29. The molecule has 198 valence electrons. The number of aryl methyl sites for hydroxylation is 1. The number of rotatable bonds is 7. The van der Waals surface area contributed by atoms with Crippen LogP contribution < -0.4 is 4.90 Å². The number of piperazine rings is 1. The largest absolute Gasteiger partial charge is 0.446 e.